The lowest BCUT2D eigenvalue weighted by Gasteiger charge is -2.62. The van der Waals surface area contributed by atoms with Crippen molar-refractivity contribution in [2.24, 2.45) is 33.9 Å². The number of hydrogen-bond acceptors (Lipinski definition) is 4. The van der Waals surface area contributed by atoms with Crippen LogP contribution in [0, 0.1) is 29.0 Å². The highest BCUT2D eigenvalue weighted by molar-refractivity contribution is 5.86. The second-order valence-corrected chi connectivity index (χ2v) is 12.1. The van der Waals surface area contributed by atoms with Crippen LogP contribution in [0.15, 0.2) is 58.6 Å². The third-order valence-corrected chi connectivity index (χ3v) is 9.48. The van der Waals surface area contributed by atoms with Crippen LogP contribution in [0.5, 0.6) is 0 Å². The predicted octanol–water partition coefficient (Wildman–Crippen LogP) is 4.07. The summed E-state index contributed by atoms with van der Waals surface area (Å²) >= 11 is 0. The minimum atomic E-state index is -0.263. The van der Waals surface area contributed by atoms with Gasteiger partial charge in [-0.25, -0.2) is 14.4 Å². The molecule has 2 bridgehead atoms. The van der Waals surface area contributed by atoms with Crippen molar-refractivity contribution in [1.29, 1.82) is 0 Å². The average Bonchev–Trinajstić information content (AvgIpc) is 2.88. The van der Waals surface area contributed by atoms with Crippen molar-refractivity contribution in [2.45, 2.75) is 58.7 Å². The first-order valence-corrected chi connectivity index (χ1v) is 13.8. The third kappa shape index (κ3) is 4.49. The Bertz CT molecular complexity index is 1420. The van der Waals surface area contributed by atoms with Gasteiger partial charge in [-0.05, 0) is 78.3 Å². The molecule has 0 spiro atoms. The molecule has 38 heavy (non-hydrogen) atoms. The monoisotopic (exact) mass is 516 g/mol. The number of fused-ring (bicyclic) bond motifs is 3. The van der Waals surface area contributed by atoms with E-state index in [-0.39, 0.29) is 17.4 Å². The lowest BCUT2D eigenvalue weighted by atomic mass is 9.45. The molecule has 2 heterocycles. The van der Waals surface area contributed by atoms with Gasteiger partial charge in [-0.2, -0.15) is 0 Å². The molecule has 7 nitrogen and oxygen atoms in total. The molecule has 8 heteroatoms. The number of nitrogens with zero attached hydrogens (tertiary/aromatic N) is 4. The fourth-order valence-corrected chi connectivity index (χ4v) is 6.78. The van der Waals surface area contributed by atoms with E-state index in [9.17, 15) is 9.18 Å². The molecule has 4 atom stereocenters. The smallest absolute Gasteiger partial charge is 0.261 e. The minimum Gasteiger partial charge on any atom is -0.353 e. The fourth-order valence-electron chi connectivity index (χ4n) is 6.78. The molecule has 1 saturated heterocycles. The molecule has 0 amide bonds. The van der Waals surface area contributed by atoms with Crippen molar-refractivity contribution >= 4 is 22.5 Å². The molecule has 0 unspecified atom stereocenters. The molecule has 2 aromatic carbocycles. The number of aromatic nitrogens is 2. The number of rotatable bonds is 5. The summed E-state index contributed by atoms with van der Waals surface area (Å²) in [6, 6.07) is 12.5. The lowest BCUT2D eigenvalue weighted by molar-refractivity contribution is -0.112. The standard InChI is InChI=1S/C30H37FN6O/c1-18-25-12-20(30(25,2)3)13-26(18)35-29(37-15-22(32)16-37)34-23-8-9-24-27(14-23)33-17-36(28(24)38)11-10-19-4-6-21(31)7-5-19/h4-9,14,17-18,20,22,25-26H,10-13,15-16,32H2,1-3H3,(H,34,35)/t18-,20+,25+,26+/m1/s1. The average molecular weight is 517 g/mol. The van der Waals surface area contributed by atoms with Gasteiger partial charge < -0.3 is 16.0 Å². The van der Waals surface area contributed by atoms with E-state index < -0.39 is 0 Å². The number of nitrogens with one attached hydrogen (secondary N) is 1. The summed E-state index contributed by atoms with van der Waals surface area (Å²) < 4.78 is 14.8. The maximum Gasteiger partial charge on any atom is 0.261 e. The van der Waals surface area contributed by atoms with Crippen molar-refractivity contribution in [1.82, 2.24) is 19.8 Å². The summed E-state index contributed by atoms with van der Waals surface area (Å²) in [6.07, 6.45) is 4.72. The summed E-state index contributed by atoms with van der Waals surface area (Å²) in [5, 5.41) is 4.35. The van der Waals surface area contributed by atoms with E-state index in [2.05, 4.69) is 36.0 Å². The largest absolute Gasteiger partial charge is 0.353 e. The highest BCUT2D eigenvalue weighted by atomic mass is 19.1. The quantitative estimate of drug-likeness (QED) is 0.394. The van der Waals surface area contributed by atoms with E-state index in [1.165, 1.54) is 25.0 Å². The summed E-state index contributed by atoms with van der Waals surface area (Å²) in [5.74, 6) is 2.70. The maximum absolute atomic E-state index is 13.2. The molecule has 7 rings (SSSR count). The molecule has 4 aliphatic rings. The first-order valence-electron chi connectivity index (χ1n) is 13.8. The van der Waals surface area contributed by atoms with E-state index in [1.807, 2.05) is 18.2 Å². The lowest BCUT2D eigenvalue weighted by Crippen LogP contribution is -2.65. The fraction of sp³-hybridized carbons (Fsp3) is 0.500. The van der Waals surface area contributed by atoms with E-state index in [1.54, 1.807) is 23.0 Å². The zero-order valence-electron chi connectivity index (χ0n) is 22.4. The van der Waals surface area contributed by atoms with E-state index in [0.717, 1.165) is 42.1 Å². The minimum absolute atomic E-state index is 0.0856. The van der Waals surface area contributed by atoms with Crippen molar-refractivity contribution in [3.8, 4) is 0 Å². The number of hydrogen-bond donors (Lipinski definition) is 2. The van der Waals surface area contributed by atoms with Gasteiger partial charge in [0.1, 0.15) is 5.82 Å². The number of guanidine groups is 1. The normalized spacial score (nSPS) is 26.7. The van der Waals surface area contributed by atoms with Gasteiger partial charge in [0.15, 0.2) is 5.96 Å². The van der Waals surface area contributed by atoms with E-state index >= 15 is 0 Å². The molecule has 200 valence electrons. The number of nitrogens with two attached hydrogens (primary N) is 1. The van der Waals surface area contributed by atoms with Gasteiger partial charge in [-0.1, -0.05) is 32.9 Å². The second kappa shape index (κ2) is 9.49. The molecule has 1 aliphatic heterocycles. The Morgan fingerprint density at radius 1 is 1.18 bits per heavy atom. The Morgan fingerprint density at radius 2 is 1.95 bits per heavy atom. The summed E-state index contributed by atoms with van der Waals surface area (Å²) in [5.41, 5.74) is 8.83. The van der Waals surface area contributed by atoms with Gasteiger partial charge >= 0.3 is 0 Å². The zero-order chi connectivity index (χ0) is 26.6. The first-order chi connectivity index (χ1) is 18.2. The van der Waals surface area contributed by atoms with Crippen LogP contribution in [0.1, 0.15) is 39.2 Å². The maximum atomic E-state index is 13.2. The van der Waals surface area contributed by atoms with Crippen molar-refractivity contribution in [3.05, 3.63) is 70.5 Å². The SMILES string of the molecule is C[C@H]1[C@@H](NC(=Nc2ccc3c(=O)n(CCc4ccc(F)cc4)cnc3c2)N2CC(N)C2)C[C@@H]2C[C@@H]1C2(C)C. The highest BCUT2D eigenvalue weighted by Gasteiger charge is 2.56. The Hall–Kier alpha value is -3.26. The van der Waals surface area contributed by atoms with Crippen LogP contribution in [0.4, 0.5) is 10.1 Å². The van der Waals surface area contributed by atoms with E-state index in [4.69, 9.17) is 10.7 Å². The molecular formula is C30H37FN6O. The third-order valence-electron chi connectivity index (χ3n) is 9.48. The summed E-state index contributed by atoms with van der Waals surface area (Å²) in [4.78, 5) is 24.9. The van der Waals surface area contributed by atoms with Crippen molar-refractivity contribution in [3.63, 3.8) is 0 Å². The Morgan fingerprint density at radius 3 is 2.63 bits per heavy atom. The number of halogens is 1. The van der Waals surface area contributed by atoms with Crippen molar-refractivity contribution in [2.75, 3.05) is 13.1 Å². The molecule has 1 aromatic heterocycles. The molecule has 0 radical (unpaired) electrons. The Balaban J connectivity index is 1.22. The second-order valence-electron chi connectivity index (χ2n) is 12.1. The van der Waals surface area contributed by atoms with Crippen LogP contribution >= 0.6 is 0 Å². The number of aliphatic imine (C=N–C) groups is 1. The summed E-state index contributed by atoms with van der Waals surface area (Å²) in [7, 11) is 0. The van der Waals surface area contributed by atoms with Crippen LogP contribution < -0.4 is 16.6 Å². The zero-order valence-corrected chi connectivity index (χ0v) is 22.4. The molecule has 4 fully saturated rings. The van der Waals surface area contributed by atoms with Crippen molar-refractivity contribution < 1.29 is 4.39 Å². The Kier molecular flexibility index (Phi) is 6.25. The van der Waals surface area contributed by atoms with Gasteiger partial charge in [0.05, 0.1) is 22.9 Å². The number of aryl methyl sites for hydroxylation is 2. The van der Waals surface area contributed by atoms with Gasteiger partial charge in [-0.15, -0.1) is 0 Å². The van der Waals surface area contributed by atoms with Crippen LogP contribution in [0.3, 0.4) is 0 Å². The topological polar surface area (TPSA) is 88.5 Å². The van der Waals surface area contributed by atoms with Crippen LogP contribution in [-0.2, 0) is 13.0 Å². The number of benzene rings is 2. The molecule has 3 aromatic rings. The van der Waals surface area contributed by atoms with Crippen LogP contribution in [0.25, 0.3) is 10.9 Å². The first kappa shape index (κ1) is 25.0. The van der Waals surface area contributed by atoms with Crippen LogP contribution in [0.2, 0.25) is 0 Å². The van der Waals surface area contributed by atoms with Gasteiger partial charge in [0.25, 0.3) is 5.56 Å². The predicted molar refractivity (Wildman–Crippen MR) is 149 cm³/mol. The molecule has 3 N–H and O–H groups in total. The van der Waals surface area contributed by atoms with Gasteiger partial charge in [-0.3, -0.25) is 9.36 Å². The van der Waals surface area contributed by atoms with Crippen LogP contribution in [-0.4, -0.2) is 45.6 Å². The molecule has 3 saturated carbocycles. The van der Waals surface area contributed by atoms with Gasteiger partial charge in [0, 0.05) is 31.7 Å². The highest BCUT2D eigenvalue weighted by Crippen LogP contribution is 2.61. The van der Waals surface area contributed by atoms with E-state index in [0.29, 0.717) is 41.2 Å². The number of likely N-dealkylation sites (tertiary alicyclic amines) is 1. The Labute approximate surface area is 223 Å². The molecule has 3 aliphatic carbocycles. The van der Waals surface area contributed by atoms with Gasteiger partial charge in [0.2, 0.25) is 0 Å². The molecular weight excluding hydrogens is 479 g/mol. The summed E-state index contributed by atoms with van der Waals surface area (Å²) in [6.45, 7) is 9.27.